The Hall–Kier alpha value is -3.27. The van der Waals surface area contributed by atoms with Crippen molar-refractivity contribution in [2.75, 3.05) is 23.3 Å². The van der Waals surface area contributed by atoms with E-state index in [0.29, 0.717) is 28.1 Å². The van der Waals surface area contributed by atoms with Gasteiger partial charge in [0.25, 0.3) is 5.56 Å². The lowest BCUT2D eigenvalue weighted by Gasteiger charge is -2.31. The predicted octanol–water partition coefficient (Wildman–Crippen LogP) is 2.48. The molecule has 0 spiro atoms. The quantitative estimate of drug-likeness (QED) is 0.547. The number of benzene rings is 1. The van der Waals surface area contributed by atoms with E-state index in [1.165, 1.54) is 33.4 Å². The lowest BCUT2D eigenvalue weighted by atomic mass is 9.97. The van der Waals surface area contributed by atoms with Crippen LogP contribution < -0.4 is 21.1 Å². The van der Waals surface area contributed by atoms with Gasteiger partial charge >= 0.3 is 0 Å². The number of carbonyl (C=O) groups is 2. The van der Waals surface area contributed by atoms with E-state index in [1.807, 2.05) is 12.1 Å². The standard InChI is InChI=1S/C25H28N6O3S/c32-20(27-19-7-6-15-3-1-4-16(15)11-19)13-31-14-26-22-21(24(31)34)35-25(29-22)30-10-2-5-17(12-30)23(33)28-18-8-9-18/h6-7,11,14,17-18H,1-5,8-10,12-13H2,(H,27,32)(H,28,33). The molecule has 1 atom stereocenters. The van der Waals surface area contributed by atoms with E-state index in [-0.39, 0.29) is 29.8 Å². The molecule has 0 radical (unpaired) electrons. The number of nitrogens with zero attached hydrogens (tertiary/aromatic N) is 4. The maximum atomic E-state index is 13.1. The van der Waals surface area contributed by atoms with Gasteiger partial charge in [-0.1, -0.05) is 17.4 Å². The number of amides is 2. The maximum absolute atomic E-state index is 13.1. The van der Waals surface area contributed by atoms with Gasteiger partial charge in [-0.3, -0.25) is 19.0 Å². The zero-order valence-corrected chi connectivity index (χ0v) is 20.3. The Morgan fingerprint density at radius 1 is 1.11 bits per heavy atom. The SMILES string of the molecule is O=C(Cn1cnc2nc(N3CCCC(C(=O)NC4CC4)C3)sc2c1=O)Nc1ccc2c(c1)CCC2. The second-order valence-corrected chi connectivity index (χ2v) is 10.8. The molecule has 2 fully saturated rings. The molecule has 2 aliphatic carbocycles. The summed E-state index contributed by atoms with van der Waals surface area (Å²) in [4.78, 5) is 49.3. The van der Waals surface area contributed by atoms with E-state index < -0.39 is 0 Å². The highest BCUT2D eigenvalue weighted by molar-refractivity contribution is 7.22. The summed E-state index contributed by atoms with van der Waals surface area (Å²) >= 11 is 1.28. The second kappa shape index (κ2) is 9.07. The summed E-state index contributed by atoms with van der Waals surface area (Å²) in [7, 11) is 0. The summed E-state index contributed by atoms with van der Waals surface area (Å²) in [5.74, 6) is -0.214. The van der Waals surface area contributed by atoms with Crippen molar-refractivity contribution >= 4 is 44.3 Å². The highest BCUT2D eigenvalue weighted by Crippen LogP contribution is 2.30. The number of aryl methyl sites for hydroxylation is 2. The Bertz CT molecular complexity index is 1360. The largest absolute Gasteiger partial charge is 0.353 e. The van der Waals surface area contributed by atoms with Gasteiger partial charge in [0.1, 0.15) is 17.6 Å². The van der Waals surface area contributed by atoms with E-state index in [2.05, 4.69) is 31.6 Å². The van der Waals surface area contributed by atoms with Gasteiger partial charge in [0.05, 0.1) is 5.92 Å². The van der Waals surface area contributed by atoms with Crippen LogP contribution in [0.25, 0.3) is 10.3 Å². The van der Waals surface area contributed by atoms with Gasteiger partial charge in [-0.25, -0.2) is 4.98 Å². The van der Waals surface area contributed by atoms with Gasteiger partial charge in [-0.2, -0.15) is 4.98 Å². The number of fused-ring (bicyclic) bond motifs is 2. The van der Waals surface area contributed by atoms with Crippen LogP contribution in [-0.4, -0.2) is 45.5 Å². The third-order valence-electron chi connectivity index (χ3n) is 7.06. The topological polar surface area (TPSA) is 109 Å². The summed E-state index contributed by atoms with van der Waals surface area (Å²) in [6.45, 7) is 1.28. The average Bonchev–Trinajstić information content (AvgIpc) is 3.37. The third kappa shape index (κ3) is 4.67. The minimum Gasteiger partial charge on any atom is -0.353 e. The fourth-order valence-corrected chi connectivity index (χ4v) is 6.00. The van der Waals surface area contributed by atoms with Gasteiger partial charge in [0.15, 0.2) is 10.8 Å². The van der Waals surface area contributed by atoms with E-state index in [9.17, 15) is 14.4 Å². The van der Waals surface area contributed by atoms with Crippen LogP contribution in [0.15, 0.2) is 29.3 Å². The molecular formula is C25H28N6O3S. The second-order valence-electron chi connectivity index (χ2n) is 9.78. The Balaban J connectivity index is 1.15. The summed E-state index contributed by atoms with van der Waals surface area (Å²) in [6, 6.07) is 6.36. The first-order valence-corrected chi connectivity index (χ1v) is 13.2. The molecule has 2 N–H and O–H groups in total. The normalized spacial score (nSPS) is 19.5. The van der Waals surface area contributed by atoms with Gasteiger partial charge < -0.3 is 15.5 Å². The van der Waals surface area contributed by atoms with Crippen molar-refractivity contribution in [2.45, 2.75) is 57.5 Å². The van der Waals surface area contributed by atoms with Crippen LogP contribution in [-0.2, 0) is 29.0 Å². The molecule has 2 amide bonds. The van der Waals surface area contributed by atoms with Crippen LogP contribution in [0.3, 0.4) is 0 Å². The molecule has 1 aliphatic heterocycles. The molecule has 10 heteroatoms. The molecule has 1 saturated heterocycles. The number of anilines is 2. The van der Waals surface area contributed by atoms with Crippen LogP contribution in [0.4, 0.5) is 10.8 Å². The number of carbonyl (C=O) groups excluding carboxylic acids is 2. The summed E-state index contributed by atoms with van der Waals surface area (Å²) in [6.07, 6.45) is 8.58. The number of piperidine rings is 1. The number of nitrogens with one attached hydrogen (secondary N) is 2. The summed E-state index contributed by atoms with van der Waals surface area (Å²) in [5.41, 5.74) is 3.49. The van der Waals surface area contributed by atoms with Crippen molar-refractivity contribution in [1.29, 1.82) is 0 Å². The molecule has 3 aromatic rings. The van der Waals surface area contributed by atoms with Crippen LogP contribution in [0.2, 0.25) is 0 Å². The van der Waals surface area contributed by atoms with Gasteiger partial charge in [0, 0.05) is 24.8 Å². The number of aromatic nitrogens is 3. The average molecular weight is 493 g/mol. The molecule has 9 nitrogen and oxygen atoms in total. The van der Waals surface area contributed by atoms with Crippen LogP contribution >= 0.6 is 11.3 Å². The Labute approximate surface area is 206 Å². The molecule has 182 valence electrons. The van der Waals surface area contributed by atoms with Crippen molar-refractivity contribution in [1.82, 2.24) is 19.9 Å². The number of rotatable bonds is 6. The van der Waals surface area contributed by atoms with Crippen molar-refractivity contribution in [3.05, 3.63) is 46.0 Å². The monoisotopic (exact) mass is 492 g/mol. The molecule has 2 aromatic heterocycles. The molecular weight excluding hydrogens is 464 g/mol. The van der Waals surface area contributed by atoms with Crippen LogP contribution in [0.5, 0.6) is 0 Å². The van der Waals surface area contributed by atoms with Crippen molar-refractivity contribution < 1.29 is 9.59 Å². The predicted molar refractivity (Wildman–Crippen MR) is 135 cm³/mol. The molecule has 3 aliphatic rings. The fraction of sp³-hybridized carbons (Fsp3) is 0.480. The van der Waals surface area contributed by atoms with Gasteiger partial charge in [0.2, 0.25) is 11.8 Å². The third-order valence-corrected chi connectivity index (χ3v) is 8.15. The fourth-order valence-electron chi connectivity index (χ4n) is 5.00. The zero-order chi connectivity index (χ0) is 23.9. The molecule has 1 unspecified atom stereocenters. The molecule has 3 heterocycles. The summed E-state index contributed by atoms with van der Waals surface area (Å²) in [5, 5.41) is 6.70. The van der Waals surface area contributed by atoms with Crippen molar-refractivity contribution in [3.63, 3.8) is 0 Å². The first-order valence-electron chi connectivity index (χ1n) is 12.4. The van der Waals surface area contributed by atoms with Crippen molar-refractivity contribution in [2.24, 2.45) is 5.92 Å². The Kier molecular flexibility index (Phi) is 5.75. The lowest BCUT2D eigenvalue weighted by molar-refractivity contribution is -0.125. The van der Waals surface area contributed by atoms with Crippen molar-refractivity contribution in [3.8, 4) is 0 Å². The minimum absolute atomic E-state index is 0.0658. The molecule has 6 rings (SSSR count). The minimum atomic E-state index is -0.275. The van der Waals surface area contributed by atoms with E-state index in [0.717, 1.165) is 57.2 Å². The van der Waals surface area contributed by atoms with E-state index in [1.54, 1.807) is 0 Å². The highest BCUT2D eigenvalue weighted by atomic mass is 32.1. The molecule has 35 heavy (non-hydrogen) atoms. The number of hydrogen-bond acceptors (Lipinski definition) is 7. The van der Waals surface area contributed by atoms with Gasteiger partial charge in [-0.15, -0.1) is 0 Å². The smallest absolute Gasteiger partial charge is 0.273 e. The molecule has 1 saturated carbocycles. The Morgan fingerprint density at radius 3 is 2.83 bits per heavy atom. The zero-order valence-electron chi connectivity index (χ0n) is 19.5. The van der Waals surface area contributed by atoms with Crippen LogP contribution in [0.1, 0.15) is 43.2 Å². The molecule has 1 aromatic carbocycles. The Morgan fingerprint density at radius 2 is 1.97 bits per heavy atom. The molecule has 0 bridgehead atoms. The first kappa shape index (κ1) is 22.2. The highest BCUT2D eigenvalue weighted by Gasteiger charge is 2.31. The number of thiazole rings is 1. The van der Waals surface area contributed by atoms with E-state index in [4.69, 9.17) is 0 Å². The lowest BCUT2D eigenvalue weighted by Crippen LogP contribution is -2.43. The maximum Gasteiger partial charge on any atom is 0.273 e. The van der Waals surface area contributed by atoms with Crippen LogP contribution in [0, 0.1) is 5.92 Å². The number of hydrogen-bond donors (Lipinski definition) is 2. The van der Waals surface area contributed by atoms with E-state index >= 15 is 0 Å². The summed E-state index contributed by atoms with van der Waals surface area (Å²) < 4.78 is 1.76. The van der Waals surface area contributed by atoms with Gasteiger partial charge in [-0.05, 0) is 68.2 Å². The first-order chi connectivity index (χ1) is 17.0.